The van der Waals surface area contributed by atoms with Gasteiger partial charge in [0.1, 0.15) is 17.3 Å². The highest BCUT2D eigenvalue weighted by Gasteiger charge is 2.13. The zero-order chi connectivity index (χ0) is 21.8. The van der Waals surface area contributed by atoms with Gasteiger partial charge in [0.2, 0.25) is 11.6 Å². The zero-order valence-electron chi connectivity index (χ0n) is 17.1. The van der Waals surface area contributed by atoms with E-state index >= 15 is 0 Å². The standard InChI is InChI=1S/C22H21N5O4/c1-30-17-8-6-16(7-9-17)26-12-13-27-19(24-25-21(27)22(26)29)10-11-20(28)23-15-4-3-5-18(14-15)31-2/h3-9,12-14H,10-11H2,1-2H3,(H,23,28). The number of amides is 1. The molecule has 9 heteroatoms. The van der Waals surface area contributed by atoms with Crippen molar-refractivity contribution in [2.24, 2.45) is 0 Å². The number of methoxy groups -OCH3 is 2. The fourth-order valence-electron chi connectivity index (χ4n) is 3.20. The lowest BCUT2D eigenvalue weighted by molar-refractivity contribution is -0.116. The molecular weight excluding hydrogens is 398 g/mol. The van der Waals surface area contributed by atoms with Gasteiger partial charge in [-0.2, -0.15) is 0 Å². The summed E-state index contributed by atoms with van der Waals surface area (Å²) in [4.78, 5) is 25.2. The number of benzene rings is 2. The van der Waals surface area contributed by atoms with Gasteiger partial charge in [-0.15, -0.1) is 10.2 Å². The number of ether oxygens (including phenoxy) is 2. The molecule has 4 aromatic rings. The molecule has 31 heavy (non-hydrogen) atoms. The molecule has 0 spiro atoms. The lowest BCUT2D eigenvalue weighted by Gasteiger charge is -2.08. The maximum Gasteiger partial charge on any atom is 0.300 e. The normalized spacial score (nSPS) is 10.8. The molecule has 0 aliphatic heterocycles. The number of hydrogen-bond donors (Lipinski definition) is 1. The number of carbonyl (C=O) groups is 1. The molecule has 0 bridgehead atoms. The minimum atomic E-state index is -0.299. The van der Waals surface area contributed by atoms with Crippen LogP contribution in [0.3, 0.4) is 0 Å². The summed E-state index contributed by atoms with van der Waals surface area (Å²) in [6, 6.07) is 14.3. The minimum Gasteiger partial charge on any atom is -0.497 e. The van der Waals surface area contributed by atoms with Crippen LogP contribution in [0.25, 0.3) is 11.3 Å². The third-order valence-electron chi connectivity index (χ3n) is 4.82. The van der Waals surface area contributed by atoms with Crippen LogP contribution in [0, 0.1) is 0 Å². The number of anilines is 1. The first-order chi connectivity index (χ1) is 15.1. The molecule has 0 unspecified atom stereocenters. The van der Waals surface area contributed by atoms with Crippen molar-refractivity contribution in [3.05, 3.63) is 77.1 Å². The van der Waals surface area contributed by atoms with Crippen molar-refractivity contribution in [1.82, 2.24) is 19.2 Å². The van der Waals surface area contributed by atoms with E-state index < -0.39 is 0 Å². The summed E-state index contributed by atoms with van der Waals surface area (Å²) in [5.74, 6) is 1.73. The zero-order valence-corrected chi connectivity index (χ0v) is 17.1. The number of nitrogens with one attached hydrogen (secondary N) is 1. The van der Waals surface area contributed by atoms with Crippen LogP contribution in [-0.4, -0.2) is 39.3 Å². The minimum absolute atomic E-state index is 0.170. The van der Waals surface area contributed by atoms with Crippen molar-refractivity contribution in [3.63, 3.8) is 0 Å². The molecule has 2 aromatic carbocycles. The first-order valence-corrected chi connectivity index (χ1v) is 9.62. The Kier molecular flexibility index (Phi) is 5.65. The van der Waals surface area contributed by atoms with Crippen molar-refractivity contribution >= 4 is 17.2 Å². The van der Waals surface area contributed by atoms with E-state index in [4.69, 9.17) is 9.47 Å². The van der Waals surface area contributed by atoms with E-state index in [2.05, 4.69) is 15.5 Å². The Morgan fingerprint density at radius 3 is 2.52 bits per heavy atom. The Balaban J connectivity index is 1.49. The van der Waals surface area contributed by atoms with Gasteiger partial charge in [0.05, 0.1) is 14.2 Å². The van der Waals surface area contributed by atoms with E-state index in [-0.39, 0.29) is 23.5 Å². The van der Waals surface area contributed by atoms with E-state index in [1.165, 1.54) is 4.57 Å². The Hall–Kier alpha value is -4.14. The second-order valence-electron chi connectivity index (χ2n) is 6.76. The number of hydrogen-bond acceptors (Lipinski definition) is 6. The van der Waals surface area contributed by atoms with Crippen LogP contribution in [0.15, 0.2) is 65.7 Å². The molecule has 0 radical (unpaired) electrons. The van der Waals surface area contributed by atoms with Crippen LogP contribution in [0.1, 0.15) is 12.2 Å². The van der Waals surface area contributed by atoms with Crippen LogP contribution >= 0.6 is 0 Å². The summed E-state index contributed by atoms with van der Waals surface area (Å²) < 4.78 is 13.4. The van der Waals surface area contributed by atoms with E-state index in [9.17, 15) is 9.59 Å². The smallest absolute Gasteiger partial charge is 0.300 e. The van der Waals surface area contributed by atoms with Gasteiger partial charge in [-0.1, -0.05) is 6.07 Å². The highest BCUT2D eigenvalue weighted by Crippen LogP contribution is 2.17. The molecule has 0 aliphatic carbocycles. The van der Waals surface area contributed by atoms with Crippen molar-refractivity contribution in [2.45, 2.75) is 12.8 Å². The molecule has 158 valence electrons. The fourth-order valence-corrected chi connectivity index (χ4v) is 3.20. The summed E-state index contributed by atoms with van der Waals surface area (Å²) in [6.07, 6.45) is 3.90. The van der Waals surface area contributed by atoms with E-state index in [1.807, 2.05) is 0 Å². The molecule has 0 atom stereocenters. The molecule has 0 saturated heterocycles. The first kappa shape index (κ1) is 20.1. The second kappa shape index (κ2) is 8.70. The molecular formula is C22H21N5O4. The molecule has 0 fully saturated rings. The predicted octanol–water partition coefficient (Wildman–Crippen LogP) is 2.47. The van der Waals surface area contributed by atoms with Crippen LogP contribution in [0.2, 0.25) is 0 Å². The Bertz CT molecular complexity index is 1280. The molecule has 0 aliphatic rings. The maximum absolute atomic E-state index is 12.9. The maximum atomic E-state index is 12.9. The topological polar surface area (TPSA) is 99.8 Å². The summed E-state index contributed by atoms with van der Waals surface area (Å²) >= 11 is 0. The number of rotatable bonds is 7. The van der Waals surface area contributed by atoms with Gasteiger partial charge < -0.3 is 14.8 Å². The van der Waals surface area contributed by atoms with E-state index in [0.29, 0.717) is 35.1 Å². The monoisotopic (exact) mass is 419 g/mol. The van der Waals surface area contributed by atoms with Crippen molar-refractivity contribution < 1.29 is 14.3 Å². The molecule has 4 rings (SSSR count). The number of aromatic nitrogens is 4. The van der Waals surface area contributed by atoms with Crippen LogP contribution in [0.4, 0.5) is 5.69 Å². The molecule has 0 saturated carbocycles. The predicted molar refractivity (Wildman–Crippen MR) is 115 cm³/mol. The van der Waals surface area contributed by atoms with Crippen molar-refractivity contribution in [1.29, 1.82) is 0 Å². The summed E-state index contributed by atoms with van der Waals surface area (Å²) in [5, 5.41) is 11.0. The van der Waals surface area contributed by atoms with Gasteiger partial charge in [0.15, 0.2) is 0 Å². The molecule has 2 heterocycles. The fraction of sp³-hybridized carbons (Fsp3) is 0.182. The van der Waals surface area contributed by atoms with Crippen molar-refractivity contribution in [2.75, 3.05) is 19.5 Å². The largest absolute Gasteiger partial charge is 0.497 e. The van der Waals surface area contributed by atoms with Gasteiger partial charge in [0.25, 0.3) is 0 Å². The van der Waals surface area contributed by atoms with Gasteiger partial charge in [-0.05, 0) is 36.4 Å². The number of nitrogens with zero attached hydrogens (tertiary/aromatic N) is 4. The highest BCUT2D eigenvalue weighted by atomic mass is 16.5. The summed E-state index contributed by atoms with van der Waals surface area (Å²) in [7, 11) is 3.15. The van der Waals surface area contributed by atoms with Crippen LogP contribution in [-0.2, 0) is 11.2 Å². The van der Waals surface area contributed by atoms with Gasteiger partial charge >= 0.3 is 5.56 Å². The Labute approximate surface area is 177 Å². The lowest BCUT2D eigenvalue weighted by atomic mass is 10.2. The average molecular weight is 419 g/mol. The molecule has 9 nitrogen and oxygen atoms in total. The lowest BCUT2D eigenvalue weighted by Crippen LogP contribution is -2.20. The third kappa shape index (κ3) is 4.25. The van der Waals surface area contributed by atoms with Gasteiger partial charge in [-0.3, -0.25) is 18.6 Å². The number of aryl methyl sites for hydroxylation is 1. The third-order valence-corrected chi connectivity index (χ3v) is 4.82. The Morgan fingerprint density at radius 1 is 1.00 bits per heavy atom. The van der Waals surface area contributed by atoms with Crippen molar-refractivity contribution in [3.8, 4) is 17.2 Å². The van der Waals surface area contributed by atoms with E-state index in [0.717, 1.165) is 0 Å². The molecule has 2 aromatic heterocycles. The quantitative estimate of drug-likeness (QED) is 0.494. The van der Waals surface area contributed by atoms with Gasteiger partial charge in [-0.25, -0.2) is 0 Å². The Morgan fingerprint density at radius 2 is 1.77 bits per heavy atom. The van der Waals surface area contributed by atoms with E-state index in [1.54, 1.807) is 79.5 Å². The summed E-state index contributed by atoms with van der Waals surface area (Å²) in [6.45, 7) is 0. The van der Waals surface area contributed by atoms with Gasteiger partial charge in [0, 0.05) is 42.7 Å². The second-order valence-corrected chi connectivity index (χ2v) is 6.76. The molecule has 1 N–H and O–H groups in total. The SMILES string of the molecule is COc1ccc(-n2ccn3c(CCC(=O)Nc4cccc(OC)c4)nnc3c2=O)cc1. The first-order valence-electron chi connectivity index (χ1n) is 9.62. The average Bonchev–Trinajstić information content (AvgIpc) is 3.22. The molecule has 1 amide bonds. The number of fused-ring (bicyclic) bond motifs is 1. The summed E-state index contributed by atoms with van der Waals surface area (Å²) in [5.41, 5.74) is 1.24. The van der Waals surface area contributed by atoms with Crippen LogP contribution in [0.5, 0.6) is 11.5 Å². The number of carbonyl (C=O) groups excluding carboxylic acids is 1. The highest BCUT2D eigenvalue weighted by molar-refractivity contribution is 5.90. The van der Waals surface area contributed by atoms with Crippen LogP contribution < -0.4 is 20.3 Å².